The van der Waals surface area contributed by atoms with Crippen molar-refractivity contribution in [2.75, 3.05) is 5.75 Å². The van der Waals surface area contributed by atoms with Crippen LogP contribution in [0.15, 0.2) is 23.1 Å². The van der Waals surface area contributed by atoms with Gasteiger partial charge < -0.3 is 5.32 Å². The molecule has 1 N–H and O–H groups in total. The summed E-state index contributed by atoms with van der Waals surface area (Å²) in [5.41, 5.74) is 0.806. The maximum Gasteiger partial charge on any atom is 0.128 e. The highest BCUT2D eigenvalue weighted by atomic mass is 32.2. The standard InChI is InChI=1S/C15H24FNS/c1-11(2)8-9-18-15-7-5-6-14(16)13(15)10-17-12(3)4/h5-7,11-12,17H,8-10H2,1-4H3. The van der Waals surface area contributed by atoms with E-state index < -0.39 is 0 Å². The molecule has 0 atom stereocenters. The maximum absolute atomic E-state index is 13.8. The van der Waals surface area contributed by atoms with Crippen LogP contribution in [-0.2, 0) is 6.54 Å². The van der Waals surface area contributed by atoms with Gasteiger partial charge in [0.2, 0.25) is 0 Å². The fourth-order valence-electron chi connectivity index (χ4n) is 1.56. The Morgan fingerprint density at radius 3 is 2.56 bits per heavy atom. The van der Waals surface area contributed by atoms with E-state index in [1.807, 2.05) is 6.07 Å². The Balaban J connectivity index is 2.67. The van der Waals surface area contributed by atoms with Gasteiger partial charge in [-0.15, -0.1) is 11.8 Å². The zero-order chi connectivity index (χ0) is 13.5. The summed E-state index contributed by atoms with van der Waals surface area (Å²) < 4.78 is 13.8. The van der Waals surface area contributed by atoms with Gasteiger partial charge in [-0.05, 0) is 30.2 Å². The van der Waals surface area contributed by atoms with Gasteiger partial charge in [-0.25, -0.2) is 4.39 Å². The molecule has 0 saturated heterocycles. The number of nitrogens with one attached hydrogen (secondary N) is 1. The van der Waals surface area contributed by atoms with Crippen molar-refractivity contribution in [3.8, 4) is 0 Å². The van der Waals surface area contributed by atoms with Gasteiger partial charge in [-0.1, -0.05) is 33.8 Å². The van der Waals surface area contributed by atoms with E-state index in [9.17, 15) is 4.39 Å². The lowest BCUT2D eigenvalue weighted by molar-refractivity contribution is 0.546. The monoisotopic (exact) mass is 269 g/mol. The van der Waals surface area contributed by atoms with E-state index in [0.29, 0.717) is 18.5 Å². The molecule has 1 aromatic rings. The lowest BCUT2D eigenvalue weighted by Gasteiger charge is -2.13. The third kappa shape index (κ3) is 5.40. The minimum atomic E-state index is -0.0994. The molecular formula is C15H24FNS. The molecule has 0 unspecified atom stereocenters. The van der Waals surface area contributed by atoms with E-state index in [0.717, 1.165) is 22.6 Å². The molecule has 0 radical (unpaired) electrons. The van der Waals surface area contributed by atoms with Crippen molar-refractivity contribution in [1.82, 2.24) is 5.32 Å². The Morgan fingerprint density at radius 2 is 1.94 bits per heavy atom. The normalized spacial score (nSPS) is 11.5. The molecule has 18 heavy (non-hydrogen) atoms. The first kappa shape index (κ1) is 15.5. The highest BCUT2D eigenvalue weighted by Crippen LogP contribution is 2.26. The molecule has 0 heterocycles. The molecule has 102 valence electrons. The average Bonchev–Trinajstić information content (AvgIpc) is 2.27. The van der Waals surface area contributed by atoms with Crippen LogP contribution in [-0.4, -0.2) is 11.8 Å². The molecule has 0 fully saturated rings. The molecule has 1 rings (SSSR count). The summed E-state index contributed by atoms with van der Waals surface area (Å²) in [7, 11) is 0. The fourth-order valence-corrected chi connectivity index (χ4v) is 2.88. The summed E-state index contributed by atoms with van der Waals surface area (Å²) in [4.78, 5) is 1.07. The summed E-state index contributed by atoms with van der Waals surface area (Å²) in [6.07, 6.45) is 1.16. The number of benzene rings is 1. The smallest absolute Gasteiger partial charge is 0.128 e. The Labute approximate surface area is 115 Å². The number of halogens is 1. The maximum atomic E-state index is 13.8. The van der Waals surface area contributed by atoms with E-state index in [1.54, 1.807) is 23.9 Å². The summed E-state index contributed by atoms with van der Waals surface area (Å²) in [6.45, 7) is 9.19. The van der Waals surface area contributed by atoms with Gasteiger partial charge in [0.1, 0.15) is 5.82 Å². The molecular weight excluding hydrogens is 245 g/mol. The van der Waals surface area contributed by atoms with Crippen LogP contribution >= 0.6 is 11.8 Å². The van der Waals surface area contributed by atoms with Crippen LogP contribution in [0, 0.1) is 11.7 Å². The molecule has 0 spiro atoms. The number of rotatable bonds is 7. The predicted octanol–water partition coefficient (Wildman–Crippen LogP) is 4.46. The van der Waals surface area contributed by atoms with Gasteiger partial charge in [0.15, 0.2) is 0 Å². The lowest BCUT2D eigenvalue weighted by atomic mass is 10.2. The van der Waals surface area contributed by atoms with E-state index >= 15 is 0 Å². The van der Waals surface area contributed by atoms with Crippen LogP contribution in [0.25, 0.3) is 0 Å². The van der Waals surface area contributed by atoms with Gasteiger partial charge in [0.05, 0.1) is 0 Å². The zero-order valence-corrected chi connectivity index (χ0v) is 12.6. The third-order valence-electron chi connectivity index (χ3n) is 2.72. The largest absolute Gasteiger partial charge is 0.310 e. The average molecular weight is 269 g/mol. The molecule has 0 amide bonds. The van der Waals surface area contributed by atoms with Crippen molar-refractivity contribution in [2.24, 2.45) is 5.92 Å². The van der Waals surface area contributed by atoms with Crippen molar-refractivity contribution < 1.29 is 4.39 Å². The van der Waals surface area contributed by atoms with Gasteiger partial charge in [0.25, 0.3) is 0 Å². The minimum absolute atomic E-state index is 0.0994. The van der Waals surface area contributed by atoms with Crippen molar-refractivity contribution in [3.05, 3.63) is 29.6 Å². The van der Waals surface area contributed by atoms with Gasteiger partial charge in [-0.3, -0.25) is 0 Å². The van der Waals surface area contributed by atoms with Crippen LogP contribution in [0.2, 0.25) is 0 Å². The first-order chi connectivity index (χ1) is 8.50. The molecule has 1 nitrogen and oxygen atoms in total. The molecule has 0 bridgehead atoms. The second kappa shape index (κ2) is 7.80. The summed E-state index contributed by atoms with van der Waals surface area (Å²) in [6, 6.07) is 5.74. The quantitative estimate of drug-likeness (QED) is 0.733. The van der Waals surface area contributed by atoms with Crippen molar-refractivity contribution in [2.45, 2.75) is 51.6 Å². The summed E-state index contributed by atoms with van der Waals surface area (Å²) in [5, 5.41) is 3.29. The SMILES string of the molecule is CC(C)CCSc1cccc(F)c1CNC(C)C. The molecule has 0 aromatic heterocycles. The van der Waals surface area contributed by atoms with Crippen molar-refractivity contribution in [3.63, 3.8) is 0 Å². The summed E-state index contributed by atoms with van der Waals surface area (Å²) in [5.74, 6) is 1.65. The van der Waals surface area contributed by atoms with E-state index in [2.05, 4.69) is 33.0 Å². The molecule has 0 aliphatic carbocycles. The first-order valence-corrected chi connectivity index (χ1v) is 7.62. The van der Waals surface area contributed by atoms with Gasteiger partial charge in [-0.2, -0.15) is 0 Å². The zero-order valence-electron chi connectivity index (χ0n) is 11.8. The Kier molecular flexibility index (Phi) is 6.72. The van der Waals surface area contributed by atoms with Crippen LogP contribution in [0.3, 0.4) is 0 Å². The molecule has 1 aromatic carbocycles. The molecule has 3 heteroatoms. The lowest BCUT2D eigenvalue weighted by Crippen LogP contribution is -2.22. The molecule has 0 saturated carbocycles. The highest BCUT2D eigenvalue weighted by Gasteiger charge is 2.09. The van der Waals surface area contributed by atoms with E-state index in [1.165, 1.54) is 0 Å². The van der Waals surface area contributed by atoms with Gasteiger partial charge >= 0.3 is 0 Å². The Bertz CT molecular complexity index is 364. The minimum Gasteiger partial charge on any atom is -0.310 e. The Morgan fingerprint density at radius 1 is 1.22 bits per heavy atom. The summed E-state index contributed by atoms with van der Waals surface area (Å²) >= 11 is 1.76. The van der Waals surface area contributed by atoms with Gasteiger partial charge in [0, 0.05) is 23.0 Å². The van der Waals surface area contributed by atoms with Crippen LogP contribution in [0.4, 0.5) is 4.39 Å². The highest BCUT2D eigenvalue weighted by molar-refractivity contribution is 7.99. The van der Waals surface area contributed by atoms with E-state index in [-0.39, 0.29) is 5.82 Å². The van der Waals surface area contributed by atoms with Crippen LogP contribution in [0.5, 0.6) is 0 Å². The first-order valence-electron chi connectivity index (χ1n) is 6.64. The molecule has 0 aliphatic rings. The van der Waals surface area contributed by atoms with Crippen LogP contribution in [0.1, 0.15) is 39.7 Å². The predicted molar refractivity (Wildman–Crippen MR) is 78.6 cm³/mol. The Hall–Kier alpha value is -0.540. The third-order valence-corrected chi connectivity index (χ3v) is 3.85. The van der Waals surface area contributed by atoms with Crippen LogP contribution < -0.4 is 5.32 Å². The second-order valence-electron chi connectivity index (χ2n) is 5.28. The van der Waals surface area contributed by atoms with E-state index in [4.69, 9.17) is 0 Å². The second-order valence-corrected chi connectivity index (χ2v) is 6.42. The topological polar surface area (TPSA) is 12.0 Å². The van der Waals surface area contributed by atoms with Crippen molar-refractivity contribution in [1.29, 1.82) is 0 Å². The van der Waals surface area contributed by atoms with Crippen molar-refractivity contribution >= 4 is 11.8 Å². The fraction of sp³-hybridized carbons (Fsp3) is 0.600. The molecule has 0 aliphatic heterocycles. The number of hydrogen-bond donors (Lipinski definition) is 1. The number of hydrogen-bond acceptors (Lipinski definition) is 2. The number of thioether (sulfide) groups is 1.